The molecule has 108 valence electrons. The SMILES string of the molecule is Cn1ccc(CN(CCCN)C2CCCCCC2)n1. The Morgan fingerprint density at radius 2 is 2.05 bits per heavy atom. The standard InChI is InChI=1S/C15H28N4/c1-18-12-9-14(17-18)13-19(11-6-10-16)15-7-4-2-3-5-8-15/h9,12,15H,2-8,10-11,13,16H2,1H3. The molecular formula is C15H28N4. The van der Waals surface area contributed by atoms with Gasteiger partial charge in [0.15, 0.2) is 0 Å². The minimum Gasteiger partial charge on any atom is -0.330 e. The highest BCUT2D eigenvalue weighted by Gasteiger charge is 2.20. The van der Waals surface area contributed by atoms with Crippen LogP contribution in [0.3, 0.4) is 0 Å². The van der Waals surface area contributed by atoms with Crippen molar-refractivity contribution in [1.29, 1.82) is 0 Å². The number of aryl methyl sites for hydroxylation is 1. The van der Waals surface area contributed by atoms with Crippen LogP contribution in [-0.2, 0) is 13.6 Å². The molecule has 1 aliphatic rings. The highest BCUT2D eigenvalue weighted by molar-refractivity contribution is 4.99. The van der Waals surface area contributed by atoms with Gasteiger partial charge in [-0.05, 0) is 31.9 Å². The zero-order valence-corrected chi connectivity index (χ0v) is 12.2. The molecule has 2 rings (SSSR count). The summed E-state index contributed by atoms with van der Waals surface area (Å²) in [6.45, 7) is 2.87. The molecule has 1 aliphatic carbocycles. The van der Waals surface area contributed by atoms with Crippen LogP contribution in [0.15, 0.2) is 12.3 Å². The quantitative estimate of drug-likeness (QED) is 0.802. The summed E-state index contributed by atoms with van der Waals surface area (Å²) in [5.41, 5.74) is 6.87. The lowest BCUT2D eigenvalue weighted by Crippen LogP contribution is -2.36. The number of nitrogens with two attached hydrogens (primary N) is 1. The van der Waals surface area contributed by atoms with Crippen LogP contribution in [0.2, 0.25) is 0 Å². The van der Waals surface area contributed by atoms with E-state index in [0.29, 0.717) is 0 Å². The van der Waals surface area contributed by atoms with Gasteiger partial charge < -0.3 is 5.73 Å². The first-order valence-corrected chi connectivity index (χ1v) is 7.72. The summed E-state index contributed by atoms with van der Waals surface area (Å²) in [5.74, 6) is 0. The van der Waals surface area contributed by atoms with Crippen LogP contribution < -0.4 is 5.73 Å². The maximum Gasteiger partial charge on any atom is 0.0764 e. The van der Waals surface area contributed by atoms with Crippen molar-refractivity contribution >= 4 is 0 Å². The molecule has 4 nitrogen and oxygen atoms in total. The molecular weight excluding hydrogens is 236 g/mol. The third-order valence-corrected chi connectivity index (χ3v) is 4.12. The summed E-state index contributed by atoms with van der Waals surface area (Å²) in [6, 6.07) is 2.86. The predicted octanol–water partition coefficient (Wildman–Crippen LogP) is 2.29. The topological polar surface area (TPSA) is 47.1 Å². The van der Waals surface area contributed by atoms with Gasteiger partial charge in [0.2, 0.25) is 0 Å². The normalized spacial score (nSPS) is 17.8. The van der Waals surface area contributed by atoms with Gasteiger partial charge in [-0.3, -0.25) is 9.58 Å². The monoisotopic (exact) mass is 264 g/mol. The molecule has 2 N–H and O–H groups in total. The largest absolute Gasteiger partial charge is 0.330 e. The lowest BCUT2D eigenvalue weighted by molar-refractivity contribution is 0.167. The number of aromatic nitrogens is 2. The maximum atomic E-state index is 5.69. The van der Waals surface area contributed by atoms with Gasteiger partial charge in [0.25, 0.3) is 0 Å². The first kappa shape index (κ1) is 14.5. The molecule has 1 aromatic heterocycles. The van der Waals surface area contributed by atoms with Crippen molar-refractivity contribution in [3.05, 3.63) is 18.0 Å². The molecule has 1 saturated carbocycles. The Labute approximate surface area is 117 Å². The molecule has 0 aromatic carbocycles. The first-order chi connectivity index (χ1) is 9.29. The van der Waals surface area contributed by atoms with Crippen LogP contribution in [0.25, 0.3) is 0 Å². The molecule has 19 heavy (non-hydrogen) atoms. The lowest BCUT2D eigenvalue weighted by Gasteiger charge is -2.30. The predicted molar refractivity (Wildman–Crippen MR) is 78.8 cm³/mol. The van der Waals surface area contributed by atoms with Gasteiger partial charge in [0.05, 0.1) is 5.69 Å². The van der Waals surface area contributed by atoms with Crippen LogP contribution >= 0.6 is 0 Å². The molecule has 0 aliphatic heterocycles. The minimum atomic E-state index is 0.732. The van der Waals surface area contributed by atoms with Crippen molar-refractivity contribution in [1.82, 2.24) is 14.7 Å². The molecule has 0 unspecified atom stereocenters. The van der Waals surface area contributed by atoms with Gasteiger partial charge in [-0.1, -0.05) is 25.7 Å². The van der Waals surface area contributed by atoms with Gasteiger partial charge in [-0.2, -0.15) is 5.10 Å². The van der Waals surface area contributed by atoms with Gasteiger partial charge in [-0.25, -0.2) is 0 Å². The summed E-state index contributed by atoms with van der Waals surface area (Å²) in [6.07, 6.45) is 11.4. The molecule has 0 atom stereocenters. The molecule has 1 heterocycles. The summed E-state index contributed by atoms with van der Waals surface area (Å²) in [7, 11) is 1.99. The van der Waals surface area contributed by atoms with Crippen LogP contribution in [-0.4, -0.2) is 33.8 Å². The smallest absolute Gasteiger partial charge is 0.0764 e. The Balaban J connectivity index is 1.97. The summed E-state index contributed by atoms with van der Waals surface area (Å²) >= 11 is 0. The first-order valence-electron chi connectivity index (χ1n) is 7.72. The minimum absolute atomic E-state index is 0.732. The van der Waals surface area contributed by atoms with Gasteiger partial charge in [-0.15, -0.1) is 0 Å². The van der Waals surface area contributed by atoms with E-state index < -0.39 is 0 Å². The van der Waals surface area contributed by atoms with Crippen LogP contribution in [0.1, 0.15) is 50.6 Å². The van der Waals surface area contributed by atoms with E-state index in [4.69, 9.17) is 5.73 Å². The van der Waals surface area contributed by atoms with E-state index in [-0.39, 0.29) is 0 Å². The van der Waals surface area contributed by atoms with Gasteiger partial charge in [0.1, 0.15) is 0 Å². The van der Waals surface area contributed by atoms with Crippen LogP contribution in [0.4, 0.5) is 0 Å². The number of hydrogen-bond acceptors (Lipinski definition) is 3. The molecule has 1 aromatic rings. The van der Waals surface area contributed by atoms with Gasteiger partial charge >= 0.3 is 0 Å². The molecule has 4 heteroatoms. The fraction of sp³-hybridized carbons (Fsp3) is 0.800. The lowest BCUT2D eigenvalue weighted by atomic mass is 10.1. The van der Waals surface area contributed by atoms with Crippen molar-refractivity contribution in [3.8, 4) is 0 Å². The van der Waals surface area contributed by atoms with E-state index in [1.165, 1.54) is 44.2 Å². The van der Waals surface area contributed by atoms with Crippen molar-refractivity contribution in [2.75, 3.05) is 13.1 Å². The maximum absolute atomic E-state index is 5.69. The molecule has 0 bridgehead atoms. The molecule has 0 saturated heterocycles. The Bertz CT molecular complexity index is 353. The number of rotatable bonds is 6. The summed E-state index contributed by atoms with van der Waals surface area (Å²) < 4.78 is 1.89. The molecule has 0 radical (unpaired) electrons. The van der Waals surface area contributed by atoms with Crippen molar-refractivity contribution < 1.29 is 0 Å². The average Bonchev–Trinajstić information content (AvgIpc) is 2.67. The van der Waals surface area contributed by atoms with Crippen molar-refractivity contribution in [3.63, 3.8) is 0 Å². The van der Waals surface area contributed by atoms with E-state index in [9.17, 15) is 0 Å². The second kappa shape index (κ2) is 7.65. The second-order valence-corrected chi connectivity index (χ2v) is 5.74. The average molecular weight is 264 g/mol. The van der Waals surface area contributed by atoms with E-state index in [1.807, 2.05) is 17.9 Å². The van der Waals surface area contributed by atoms with E-state index >= 15 is 0 Å². The van der Waals surface area contributed by atoms with E-state index in [0.717, 1.165) is 32.1 Å². The Morgan fingerprint density at radius 1 is 1.32 bits per heavy atom. The Hall–Kier alpha value is -0.870. The molecule has 0 spiro atoms. The third-order valence-electron chi connectivity index (χ3n) is 4.12. The number of nitrogens with zero attached hydrogens (tertiary/aromatic N) is 3. The van der Waals surface area contributed by atoms with Crippen molar-refractivity contribution in [2.45, 2.75) is 57.5 Å². The van der Waals surface area contributed by atoms with Crippen LogP contribution in [0.5, 0.6) is 0 Å². The van der Waals surface area contributed by atoms with E-state index in [1.54, 1.807) is 0 Å². The summed E-state index contributed by atoms with van der Waals surface area (Å²) in [5, 5.41) is 4.52. The third kappa shape index (κ3) is 4.62. The fourth-order valence-corrected chi connectivity index (χ4v) is 3.06. The Kier molecular flexibility index (Phi) is 5.86. The number of hydrogen-bond donors (Lipinski definition) is 1. The fourth-order valence-electron chi connectivity index (χ4n) is 3.06. The zero-order valence-electron chi connectivity index (χ0n) is 12.2. The highest BCUT2D eigenvalue weighted by atomic mass is 15.3. The zero-order chi connectivity index (χ0) is 13.5. The molecule has 0 amide bonds. The van der Waals surface area contributed by atoms with Gasteiger partial charge in [0, 0.05) is 32.4 Å². The Morgan fingerprint density at radius 3 is 2.63 bits per heavy atom. The second-order valence-electron chi connectivity index (χ2n) is 5.74. The van der Waals surface area contributed by atoms with Crippen molar-refractivity contribution in [2.24, 2.45) is 12.8 Å². The van der Waals surface area contributed by atoms with E-state index in [2.05, 4.69) is 16.1 Å². The summed E-state index contributed by atoms with van der Waals surface area (Å²) in [4.78, 5) is 2.61. The molecule has 1 fully saturated rings. The van der Waals surface area contributed by atoms with Crippen LogP contribution in [0, 0.1) is 0 Å². The highest BCUT2D eigenvalue weighted by Crippen LogP contribution is 2.23.